The van der Waals surface area contributed by atoms with Crippen LogP contribution < -0.4 is 4.74 Å². The topological polar surface area (TPSA) is 68.5 Å². The number of hydrogen-bond acceptors (Lipinski definition) is 6. The van der Waals surface area contributed by atoms with Crippen molar-refractivity contribution in [1.82, 2.24) is 15.0 Å². The van der Waals surface area contributed by atoms with Crippen LogP contribution in [0.1, 0.15) is 19.7 Å². The van der Waals surface area contributed by atoms with Crippen LogP contribution in [0.3, 0.4) is 0 Å². The van der Waals surface area contributed by atoms with Crippen LogP contribution in [0, 0.1) is 0 Å². The van der Waals surface area contributed by atoms with E-state index in [0.717, 1.165) is 4.88 Å². The predicted molar refractivity (Wildman–Crippen MR) is 100 cm³/mol. The van der Waals surface area contributed by atoms with Gasteiger partial charge in [0.15, 0.2) is 6.10 Å². The second-order valence-corrected chi connectivity index (χ2v) is 6.94. The van der Waals surface area contributed by atoms with Gasteiger partial charge in [0.05, 0.1) is 4.88 Å². The molecule has 2 heterocycles. The minimum atomic E-state index is -0.659. The molecule has 6 nitrogen and oxygen atoms in total. The molecule has 0 unspecified atom stereocenters. The summed E-state index contributed by atoms with van der Waals surface area (Å²) in [7, 11) is 0. The number of benzene rings is 1. The van der Waals surface area contributed by atoms with E-state index in [-0.39, 0.29) is 12.5 Å². The first kappa shape index (κ1) is 18.4. The Hall–Kier alpha value is -2.38. The molecular weight excluding hydrogens is 374 g/mol. The van der Waals surface area contributed by atoms with Gasteiger partial charge in [0.2, 0.25) is 11.7 Å². The van der Waals surface area contributed by atoms with E-state index < -0.39 is 6.10 Å². The smallest absolute Gasteiger partial charge is 0.263 e. The molecule has 1 aromatic carbocycles. The fraction of sp³-hybridized carbons (Fsp3) is 0.278. The van der Waals surface area contributed by atoms with Crippen molar-refractivity contribution >= 4 is 28.8 Å². The summed E-state index contributed by atoms with van der Waals surface area (Å²) in [5.41, 5.74) is 0. The largest absolute Gasteiger partial charge is 0.481 e. The Labute approximate surface area is 160 Å². The Balaban J connectivity index is 1.65. The summed E-state index contributed by atoms with van der Waals surface area (Å²) in [6.45, 7) is 4.33. The van der Waals surface area contributed by atoms with E-state index in [2.05, 4.69) is 10.1 Å². The Bertz CT molecular complexity index is 866. The molecule has 0 radical (unpaired) electrons. The van der Waals surface area contributed by atoms with Crippen LogP contribution >= 0.6 is 22.9 Å². The molecule has 0 aliphatic carbocycles. The molecule has 0 N–H and O–H groups in total. The quantitative estimate of drug-likeness (QED) is 0.601. The van der Waals surface area contributed by atoms with E-state index in [4.69, 9.17) is 20.9 Å². The molecule has 0 saturated heterocycles. The number of nitrogens with zero attached hydrogens (tertiary/aromatic N) is 3. The highest BCUT2D eigenvalue weighted by Gasteiger charge is 2.23. The van der Waals surface area contributed by atoms with Crippen LogP contribution in [0.5, 0.6) is 5.75 Å². The number of hydrogen-bond donors (Lipinski definition) is 0. The first-order valence-electron chi connectivity index (χ1n) is 8.14. The van der Waals surface area contributed by atoms with Crippen LogP contribution in [-0.4, -0.2) is 33.6 Å². The van der Waals surface area contributed by atoms with Crippen molar-refractivity contribution in [2.75, 3.05) is 6.54 Å². The molecule has 3 aromatic rings. The molecule has 1 amide bonds. The van der Waals surface area contributed by atoms with Crippen LogP contribution in [0.15, 0.2) is 46.3 Å². The maximum Gasteiger partial charge on any atom is 0.263 e. The number of halogens is 1. The van der Waals surface area contributed by atoms with Crippen LogP contribution in [-0.2, 0) is 11.3 Å². The number of ether oxygens (including phenoxy) is 1. The average Bonchev–Trinajstić information content (AvgIpc) is 3.30. The molecule has 0 saturated carbocycles. The first-order valence-corrected chi connectivity index (χ1v) is 9.40. The molecule has 1 atom stereocenters. The van der Waals surface area contributed by atoms with E-state index in [1.54, 1.807) is 36.1 Å². The molecule has 26 heavy (non-hydrogen) atoms. The summed E-state index contributed by atoms with van der Waals surface area (Å²) in [6, 6.07) is 10.8. The lowest BCUT2D eigenvalue weighted by Crippen LogP contribution is -2.40. The summed E-state index contributed by atoms with van der Waals surface area (Å²) in [6.07, 6.45) is -0.659. The maximum atomic E-state index is 12.7. The highest BCUT2D eigenvalue weighted by atomic mass is 35.5. The molecule has 0 spiro atoms. The third-order valence-electron chi connectivity index (χ3n) is 3.69. The average molecular weight is 392 g/mol. The van der Waals surface area contributed by atoms with Crippen molar-refractivity contribution in [1.29, 1.82) is 0 Å². The van der Waals surface area contributed by atoms with Gasteiger partial charge in [0.1, 0.15) is 12.3 Å². The van der Waals surface area contributed by atoms with Gasteiger partial charge in [0, 0.05) is 11.6 Å². The standard InChI is InChI=1S/C18H18ClN3O3S/c1-3-22(11-16-20-17(21-25-16)15-8-5-9-26-15)18(23)12(2)24-14-7-4-6-13(19)10-14/h4-10,12H,3,11H2,1-2H3/t12-/m0/s1. The number of rotatable bonds is 7. The number of thiophene rings is 1. The molecule has 0 aliphatic heterocycles. The van der Waals surface area contributed by atoms with E-state index in [1.807, 2.05) is 24.4 Å². The molecule has 0 bridgehead atoms. The number of amides is 1. The lowest BCUT2D eigenvalue weighted by atomic mass is 10.3. The first-order chi connectivity index (χ1) is 12.6. The SMILES string of the molecule is CCN(Cc1nc(-c2cccs2)no1)C(=O)[C@H](C)Oc1cccc(Cl)c1. The minimum absolute atomic E-state index is 0.164. The Morgan fingerprint density at radius 1 is 1.38 bits per heavy atom. The normalized spacial score (nSPS) is 12.0. The zero-order chi connectivity index (χ0) is 18.5. The second kappa shape index (κ2) is 8.33. The highest BCUT2D eigenvalue weighted by molar-refractivity contribution is 7.13. The molecule has 0 fully saturated rings. The van der Waals surface area contributed by atoms with Gasteiger partial charge in [-0.1, -0.05) is 28.9 Å². The lowest BCUT2D eigenvalue weighted by Gasteiger charge is -2.23. The van der Waals surface area contributed by atoms with Gasteiger partial charge in [-0.3, -0.25) is 4.79 Å². The summed E-state index contributed by atoms with van der Waals surface area (Å²) in [5.74, 6) is 1.30. The van der Waals surface area contributed by atoms with Gasteiger partial charge >= 0.3 is 0 Å². The van der Waals surface area contributed by atoms with Crippen molar-refractivity contribution in [3.8, 4) is 16.5 Å². The van der Waals surface area contributed by atoms with E-state index >= 15 is 0 Å². The number of aromatic nitrogens is 2. The summed E-state index contributed by atoms with van der Waals surface area (Å²) < 4.78 is 11.0. The van der Waals surface area contributed by atoms with Crippen molar-refractivity contribution in [3.63, 3.8) is 0 Å². The monoisotopic (exact) mass is 391 g/mol. The lowest BCUT2D eigenvalue weighted by molar-refractivity contribution is -0.138. The van der Waals surface area contributed by atoms with E-state index in [9.17, 15) is 4.79 Å². The fourth-order valence-electron chi connectivity index (χ4n) is 2.39. The molecule has 136 valence electrons. The Morgan fingerprint density at radius 3 is 2.92 bits per heavy atom. The van der Waals surface area contributed by atoms with Crippen LogP contribution in [0.25, 0.3) is 10.7 Å². The van der Waals surface area contributed by atoms with Crippen LogP contribution in [0.4, 0.5) is 0 Å². The van der Waals surface area contributed by atoms with Gasteiger partial charge in [0.25, 0.3) is 5.91 Å². The van der Waals surface area contributed by atoms with Crippen LogP contribution in [0.2, 0.25) is 5.02 Å². The van der Waals surface area contributed by atoms with Crippen molar-refractivity contribution in [2.24, 2.45) is 0 Å². The van der Waals surface area contributed by atoms with Crippen molar-refractivity contribution < 1.29 is 14.1 Å². The number of carbonyl (C=O) groups is 1. The summed E-state index contributed by atoms with van der Waals surface area (Å²) in [5, 5.41) is 6.47. The maximum absolute atomic E-state index is 12.7. The fourth-order valence-corrected chi connectivity index (χ4v) is 3.22. The van der Waals surface area contributed by atoms with Gasteiger partial charge in [-0.2, -0.15) is 4.98 Å². The zero-order valence-corrected chi connectivity index (χ0v) is 16.0. The van der Waals surface area contributed by atoms with Gasteiger partial charge in [-0.15, -0.1) is 11.3 Å². The summed E-state index contributed by atoms with van der Waals surface area (Å²) >= 11 is 7.48. The van der Waals surface area contributed by atoms with Crippen molar-refractivity contribution in [2.45, 2.75) is 26.5 Å². The Kier molecular flexibility index (Phi) is 5.90. The van der Waals surface area contributed by atoms with Gasteiger partial charge < -0.3 is 14.2 Å². The van der Waals surface area contributed by atoms with E-state index in [1.165, 1.54) is 11.3 Å². The number of likely N-dealkylation sites (N-methyl/N-ethyl adjacent to an activating group) is 1. The predicted octanol–water partition coefficient (Wildman–Crippen LogP) is 4.27. The molecule has 0 aliphatic rings. The highest BCUT2D eigenvalue weighted by Crippen LogP contribution is 2.22. The second-order valence-electron chi connectivity index (χ2n) is 5.56. The Morgan fingerprint density at radius 2 is 2.23 bits per heavy atom. The van der Waals surface area contributed by atoms with Gasteiger partial charge in [-0.25, -0.2) is 0 Å². The molecule has 3 rings (SSSR count). The molecule has 8 heteroatoms. The third-order valence-corrected chi connectivity index (χ3v) is 4.79. The summed E-state index contributed by atoms with van der Waals surface area (Å²) in [4.78, 5) is 19.6. The van der Waals surface area contributed by atoms with Crippen molar-refractivity contribution in [3.05, 3.63) is 52.7 Å². The van der Waals surface area contributed by atoms with E-state index in [0.29, 0.717) is 29.0 Å². The minimum Gasteiger partial charge on any atom is -0.481 e. The third kappa shape index (κ3) is 4.42. The molecular formula is C18H18ClN3O3S. The zero-order valence-electron chi connectivity index (χ0n) is 14.4. The molecule has 2 aromatic heterocycles. The van der Waals surface area contributed by atoms with Gasteiger partial charge in [-0.05, 0) is 43.5 Å². The number of carbonyl (C=O) groups excluding carboxylic acids is 1.